The number of hydrogen-bond acceptors (Lipinski definition) is 6. The van der Waals surface area contributed by atoms with E-state index in [4.69, 9.17) is 18.7 Å². The van der Waals surface area contributed by atoms with Gasteiger partial charge in [-0.05, 0) is 42.5 Å². The third-order valence-corrected chi connectivity index (χ3v) is 4.39. The molecule has 0 atom stereocenters. The Morgan fingerprint density at radius 1 is 0.931 bits per heavy atom. The second kappa shape index (κ2) is 8.48. The van der Waals surface area contributed by atoms with E-state index in [1.807, 2.05) is 30.3 Å². The third kappa shape index (κ3) is 4.21. The molecular formula is C23H19NO5. The van der Waals surface area contributed by atoms with Crippen LogP contribution in [0.4, 0.5) is 0 Å². The average Bonchev–Trinajstić information content (AvgIpc) is 3.21. The lowest BCUT2D eigenvalue weighted by Crippen LogP contribution is -2.12. The second-order valence-corrected chi connectivity index (χ2v) is 6.27. The predicted octanol–water partition coefficient (Wildman–Crippen LogP) is 4.74. The van der Waals surface area contributed by atoms with E-state index in [0.717, 1.165) is 16.7 Å². The van der Waals surface area contributed by atoms with Crippen molar-refractivity contribution < 1.29 is 23.5 Å². The highest BCUT2D eigenvalue weighted by Crippen LogP contribution is 2.29. The Morgan fingerprint density at radius 2 is 1.69 bits per heavy atom. The quantitative estimate of drug-likeness (QED) is 0.336. The van der Waals surface area contributed by atoms with E-state index in [-0.39, 0.29) is 13.2 Å². The van der Waals surface area contributed by atoms with Gasteiger partial charge in [0.15, 0.2) is 5.76 Å². The fourth-order valence-electron chi connectivity index (χ4n) is 2.92. The minimum atomic E-state index is -0.426. The highest BCUT2D eigenvalue weighted by molar-refractivity contribution is 5.98. The fourth-order valence-corrected chi connectivity index (χ4v) is 2.92. The van der Waals surface area contributed by atoms with Gasteiger partial charge in [-0.15, -0.1) is 0 Å². The normalized spacial score (nSPS) is 10.7. The molecule has 0 N–H and O–H groups in total. The first-order valence-electron chi connectivity index (χ1n) is 9.13. The first kappa shape index (κ1) is 18.6. The summed E-state index contributed by atoms with van der Waals surface area (Å²) >= 11 is 0. The summed E-state index contributed by atoms with van der Waals surface area (Å²) in [7, 11) is 1.61. The first-order chi connectivity index (χ1) is 14.2. The summed E-state index contributed by atoms with van der Waals surface area (Å²) in [6, 6.07) is 22.0. The molecule has 0 unspecified atom stereocenters. The maximum Gasteiger partial charge on any atom is 0.338 e. The van der Waals surface area contributed by atoms with Gasteiger partial charge in [0.05, 0.1) is 18.1 Å². The van der Waals surface area contributed by atoms with Crippen molar-refractivity contribution in [1.29, 1.82) is 0 Å². The van der Waals surface area contributed by atoms with E-state index in [2.05, 4.69) is 5.16 Å². The van der Waals surface area contributed by atoms with E-state index in [1.165, 1.54) is 0 Å². The number of esters is 1. The lowest BCUT2D eigenvalue weighted by atomic mass is 10.1. The maximum absolute atomic E-state index is 12.4. The van der Waals surface area contributed by atoms with Crippen molar-refractivity contribution in [3.05, 3.63) is 78.4 Å². The summed E-state index contributed by atoms with van der Waals surface area (Å²) in [6.07, 6.45) is 0. The van der Waals surface area contributed by atoms with E-state index in [0.29, 0.717) is 22.6 Å². The van der Waals surface area contributed by atoms with Gasteiger partial charge >= 0.3 is 5.97 Å². The van der Waals surface area contributed by atoms with Crippen molar-refractivity contribution in [1.82, 2.24) is 5.16 Å². The van der Waals surface area contributed by atoms with Gasteiger partial charge in [-0.3, -0.25) is 0 Å². The monoisotopic (exact) mass is 389 g/mol. The number of carbonyl (C=O) groups is 1. The summed E-state index contributed by atoms with van der Waals surface area (Å²) in [5.41, 5.74) is 2.01. The third-order valence-electron chi connectivity index (χ3n) is 4.39. The lowest BCUT2D eigenvalue weighted by Gasteiger charge is -2.08. The van der Waals surface area contributed by atoms with Gasteiger partial charge in [-0.25, -0.2) is 4.79 Å². The molecule has 29 heavy (non-hydrogen) atoms. The highest BCUT2D eigenvalue weighted by atomic mass is 16.6. The van der Waals surface area contributed by atoms with Crippen molar-refractivity contribution in [2.45, 2.75) is 0 Å². The molecule has 1 heterocycles. The minimum absolute atomic E-state index is 0.137. The van der Waals surface area contributed by atoms with Crippen molar-refractivity contribution in [2.75, 3.05) is 20.3 Å². The molecule has 0 radical (unpaired) electrons. The lowest BCUT2D eigenvalue weighted by molar-refractivity contribution is 0.0450. The molecule has 6 heteroatoms. The molecule has 4 aromatic rings. The first-order valence-corrected chi connectivity index (χ1v) is 9.13. The van der Waals surface area contributed by atoms with Crippen LogP contribution in [0.25, 0.3) is 22.2 Å². The van der Waals surface area contributed by atoms with Gasteiger partial charge in [0.2, 0.25) is 0 Å². The Labute approximate surface area is 167 Å². The van der Waals surface area contributed by atoms with Gasteiger partial charge in [0.25, 0.3) is 0 Å². The Morgan fingerprint density at radius 3 is 2.45 bits per heavy atom. The molecule has 0 fully saturated rings. The van der Waals surface area contributed by atoms with Crippen molar-refractivity contribution in [3.63, 3.8) is 0 Å². The van der Waals surface area contributed by atoms with Gasteiger partial charge in [-0.2, -0.15) is 0 Å². The molecule has 0 spiro atoms. The van der Waals surface area contributed by atoms with E-state index in [9.17, 15) is 4.79 Å². The molecule has 0 aliphatic heterocycles. The van der Waals surface area contributed by atoms with Crippen LogP contribution in [0.2, 0.25) is 0 Å². The number of methoxy groups -OCH3 is 1. The van der Waals surface area contributed by atoms with Crippen LogP contribution in [-0.4, -0.2) is 31.4 Å². The van der Waals surface area contributed by atoms with Crippen LogP contribution in [0.5, 0.6) is 11.5 Å². The topological polar surface area (TPSA) is 70.8 Å². The Hall–Kier alpha value is -3.80. The summed E-state index contributed by atoms with van der Waals surface area (Å²) < 4.78 is 21.5. The van der Waals surface area contributed by atoms with Crippen LogP contribution < -0.4 is 9.47 Å². The van der Waals surface area contributed by atoms with Crippen molar-refractivity contribution >= 4 is 16.9 Å². The summed E-state index contributed by atoms with van der Waals surface area (Å²) in [5, 5.41) is 4.82. The van der Waals surface area contributed by atoms with E-state index < -0.39 is 5.97 Å². The molecule has 0 saturated heterocycles. The Kier molecular flexibility index (Phi) is 5.42. The van der Waals surface area contributed by atoms with Gasteiger partial charge in [0, 0.05) is 5.56 Å². The van der Waals surface area contributed by atoms with Crippen LogP contribution in [0.15, 0.2) is 77.3 Å². The largest absolute Gasteiger partial charge is 0.497 e. The zero-order valence-corrected chi connectivity index (χ0v) is 15.8. The van der Waals surface area contributed by atoms with Crippen LogP contribution in [0.3, 0.4) is 0 Å². The number of aromatic nitrogens is 1. The number of hydrogen-bond donors (Lipinski definition) is 0. The van der Waals surface area contributed by atoms with Crippen molar-refractivity contribution in [2.24, 2.45) is 0 Å². The molecule has 0 aliphatic rings. The number of nitrogens with zero attached hydrogens (tertiary/aromatic N) is 1. The molecule has 0 amide bonds. The summed E-state index contributed by atoms with van der Waals surface area (Å²) in [4.78, 5) is 12.4. The van der Waals surface area contributed by atoms with Crippen LogP contribution in [0.1, 0.15) is 10.4 Å². The molecule has 3 aromatic carbocycles. The summed E-state index contributed by atoms with van der Waals surface area (Å²) in [5.74, 6) is 1.63. The molecule has 1 aromatic heterocycles. The summed E-state index contributed by atoms with van der Waals surface area (Å²) in [6.45, 7) is 0.390. The average molecular weight is 389 g/mol. The molecule has 0 bridgehead atoms. The molecule has 4 rings (SSSR count). The maximum atomic E-state index is 12.4. The molecular weight excluding hydrogens is 370 g/mol. The minimum Gasteiger partial charge on any atom is -0.497 e. The number of ether oxygens (including phenoxy) is 3. The SMILES string of the molecule is COc1ccc(OCCOC(=O)c2ccc3noc(-c4ccccc4)c3c2)cc1. The number of carbonyl (C=O) groups excluding carboxylic acids is 1. The van der Waals surface area contributed by atoms with Crippen molar-refractivity contribution in [3.8, 4) is 22.8 Å². The fraction of sp³-hybridized carbons (Fsp3) is 0.130. The van der Waals surface area contributed by atoms with E-state index in [1.54, 1.807) is 49.6 Å². The molecule has 6 nitrogen and oxygen atoms in total. The zero-order chi connectivity index (χ0) is 20.1. The smallest absolute Gasteiger partial charge is 0.338 e. The van der Waals surface area contributed by atoms with E-state index >= 15 is 0 Å². The van der Waals surface area contributed by atoms with Crippen LogP contribution in [0, 0.1) is 0 Å². The highest BCUT2D eigenvalue weighted by Gasteiger charge is 2.14. The van der Waals surface area contributed by atoms with Crippen LogP contribution in [-0.2, 0) is 4.74 Å². The second-order valence-electron chi connectivity index (χ2n) is 6.27. The van der Waals surface area contributed by atoms with Gasteiger partial charge < -0.3 is 18.7 Å². The predicted molar refractivity (Wildman–Crippen MR) is 108 cm³/mol. The Bertz CT molecular complexity index is 1100. The van der Waals surface area contributed by atoms with Gasteiger partial charge in [0.1, 0.15) is 30.2 Å². The molecule has 0 aliphatic carbocycles. The number of rotatable bonds is 7. The Balaban J connectivity index is 1.39. The van der Waals surface area contributed by atoms with Crippen LogP contribution >= 0.6 is 0 Å². The number of fused-ring (bicyclic) bond motifs is 1. The standard InChI is InChI=1S/C23H19NO5/c1-26-18-8-10-19(11-9-18)27-13-14-28-23(25)17-7-12-21-20(15-17)22(29-24-21)16-5-3-2-4-6-16/h2-12,15H,13-14H2,1H3. The number of benzene rings is 3. The molecule has 0 saturated carbocycles. The zero-order valence-electron chi connectivity index (χ0n) is 15.8. The van der Waals surface area contributed by atoms with Gasteiger partial charge in [-0.1, -0.05) is 35.5 Å². The molecule has 146 valence electrons.